The first-order valence-corrected chi connectivity index (χ1v) is 7.81. The van der Waals surface area contributed by atoms with Crippen molar-refractivity contribution in [1.82, 2.24) is 0 Å². The summed E-state index contributed by atoms with van der Waals surface area (Å²) in [4.78, 5) is 0. The summed E-state index contributed by atoms with van der Waals surface area (Å²) in [6, 6.07) is 15.6. The van der Waals surface area contributed by atoms with Crippen molar-refractivity contribution in [1.29, 1.82) is 0 Å². The summed E-state index contributed by atoms with van der Waals surface area (Å²) in [6.45, 7) is 10.8. The Hall–Kier alpha value is -0.681. The van der Waals surface area contributed by atoms with Gasteiger partial charge in [0.15, 0.2) is 0 Å². The van der Waals surface area contributed by atoms with E-state index in [0.717, 1.165) is 11.1 Å². The van der Waals surface area contributed by atoms with E-state index in [1.807, 2.05) is 0 Å². The molecule has 28 heavy (non-hydrogen) atoms. The number of benzene rings is 2. The topological polar surface area (TPSA) is 80.9 Å². The first-order valence-electron chi connectivity index (χ1n) is 7.81. The van der Waals surface area contributed by atoms with Crippen LogP contribution in [0, 0.1) is 28.7 Å². The number of hydrogen-bond acceptors (Lipinski definition) is 4. The molecule has 0 bridgehead atoms. The maximum absolute atomic E-state index is 8.77. The summed E-state index contributed by atoms with van der Waals surface area (Å²) < 4.78 is 0. The fourth-order valence-electron chi connectivity index (χ4n) is 1.87. The van der Waals surface area contributed by atoms with E-state index in [-0.39, 0.29) is 52.0 Å². The molecule has 0 aliphatic heterocycles. The SMILES string of the molecule is CB(O)O.CCCc1ccccc1.[CH2-]c1cc([CH2-])cc(B(O)O)c1.[CH3-].[CH3-].[V+2].[V+2]. The average molecular weight is 460 g/mol. The van der Waals surface area contributed by atoms with Crippen molar-refractivity contribution in [3.8, 4) is 0 Å². The molecule has 0 aromatic heterocycles. The standard InChI is InChI=1S/C9H12.C8H9BO2.CH5BO2.2CH3.2V/c1-2-6-9-7-4-3-5-8-9;1-6-3-7(2)5-8(4-6)9(10)11;1-2(3)4;;;;/h3-5,7-8H,2,6H2,1H3;3-5,10-11H,1-2H2;3-4H,1H3;2*1H3;;/q;-2;;2*-1;2*+2. The van der Waals surface area contributed by atoms with Crippen LogP contribution in [-0.2, 0) is 43.5 Å². The molecule has 0 unspecified atom stereocenters. The molecule has 2 aromatic carbocycles. The Balaban J connectivity index is -0.0000000955. The van der Waals surface area contributed by atoms with Crippen molar-refractivity contribution in [2.75, 3.05) is 0 Å². The van der Waals surface area contributed by atoms with Crippen molar-refractivity contribution in [3.05, 3.63) is 93.9 Å². The van der Waals surface area contributed by atoms with Gasteiger partial charge in [0, 0.05) is 0 Å². The first kappa shape index (κ1) is 38.0. The maximum atomic E-state index is 8.77. The summed E-state index contributed by atoms with van der Waals surface area (Å²) in [5.41, 5.74) is 3.35. The molecule has 0 spiro atoms. The molecule has 0 heterocycles. The van der Waals surface area contributed by atoms with E-state index in [4.69, 9.17) is 20.1 Å². The van der Waals surface area contributed by atoms with E-state index in [1.165, 1.54) is 25.2 Å². The van der Waals surface area contributed by atoms with E-state index in [2.05, 4.69) is 51.1 Å². The van der Waals surface area contributed by atoms with Gasteiger partial charge in [-0.15, -0.1) is 5.46 Å². The van der Waals surface area contributed by atoms with Gasteiger partial charge in [-0.25, -0.2) is 0 Å². The molecule has 8 heteroatoms. The molecule has 2 rings (SSSR count). The van der Waals surface area contributed by atoms with Crippen LogP contribution in [0.2, 0.25) is 6.82 Å². The van der Waals surface area contributed by atoms with Crippen LogP contribution in [0.4, 0.5) is 0 Å². The van der Waals surface area contributed by atoms with Gasteiger partial charge in [-0.2, -0.15) is 43.2 Å². The van der Waals surface area contributed by atoms with Crippen LogP contribution in [0.1, 0.15) is 30.0 Å². The number of hydrogen-bond donors (Lipinski definition) is 4. The Bertz CT molecular complexity index is 548. The summed E-state index contributed by atoms with van der Waals surface area (Å²) in [5.74, 6) is 0. The minimum absolute atomic E-state index is 0. The van der Waals surface area contributed by atoms with Gasteiger partial charge in [0.25, 0.3) is 0 Å². The molecule has 0 amide bonds. The molecule has 0 saturated heterocycles. The summed E-state index contributed by atoms with van der Waals surface area (Å²) in [5, 5.41) is 32.8. The molecule has 0 aliphatic rings. The average Bonchev–Trinajstić information content (AvgIpc) is 2.48. The zero-order valence-corrected chi connectivity index (χ0v) is 20.1. The second-order valence-electron chi connectivity index (χ2n) is 5.32. The zero-order valence-electron chi connectivity index (χ0n) is 17.3. The molecular formula is C20H32B2O4V2. The minimum atomic E-state index is -1.43. The van der Waals surface area contributed by atoms with Gasteiger partial charge in [0.1, 0.15) is 0 Å². The van der Waals surface area contributed by atoms with E-state index >= 15 is 0 Å². The predicted octanol–water partition coefficient (Wildman–Crippen LogP) is 2.35. The third kappa shape index (κ3) is 21.6. The van der Waals surface area contributed by atoms with Crippen LogP contribution in [0.25, 0.3) is 0 Å². The third-order valence-corrected chi connectivity index (χ3v) is 2.75. The molecule has 0 saturated carbocycles. The molecule has 152 valence electrons. The van der Waals surface area contributed by atoms with Gasteiger partial charge in [-0.3, -0.25) is 0 Å². The van der Waals surface area contributed by atoms with Gasteiger partial charge in [0.2, 0.25) is 0 Å². The molecule has 4 N–H and O–H groups in total. The maximum Gasteiger partial charge on any atom is 2.00 e. The minimum Gasteiger partial charge on any atom is -0.427 e. The molecule has 0 atom stereocenters. The van der Waals surface area contributed by atoms with Gasteiger partial charge >= 0.3 is 51.3 Å². The van der Waals surface area contributed by atoms with Crippen LogP contribution >= 0.6 is 0 Å². The third-order valence-electron chi connectivity index (χ3n) is 2.75. The van der Waals surface area contributed by atoms with Crippen molar-refractivity contribution in [3.63, 3.8) is 0 Å². The van der Waals surface area contributed by atoms with Crippen molar-refractivity contribution >= 4 is 19.7 Å². The van der Waals surface area contributed by atoms with Gasteiger partial charge in [-0.05, 0) is 18.8 Å². The number of aryl methyl sites for hydroxylation is 1. The summed E-state index contributed by atoms with van der Waals surface area (Å²) in [6.07, 6.45) is 2.45. The normalized spacial score (nSPS) is 7.79. The van der Waals surface area contributed by atoms with Crippen LogP contribution in [0.15, 0.2) is 48.5 Å². The van der Waals surface area contributed by atoms with Gasteiger partial charge in [-0.1, -0.05) is 43.7 Å². The Kier molecular flexibility index (Phi) is 30.7. The molecule has 0 aliphatic carbocycles. The molecule has 2 radical (unpaired) electrons. The molecule has 4 nitrogen and oxygen atoms in total. The quantitative estimate of drug-likeness (QED) is 0.419. The number of rotatable bonds is 3. The summed E-state index contributed by atoms with van der Waals surface area (Å²) >= 11 is 0. The molecule has 0 fully saturated rings. The van der Waals surface area contributed by atoms with Gasteiger partial charge < -0.3 is 34.9 Å². The van der Waals surface area contributed by atoms with Crippen molar-refractivity contribution < 1.29 is 57.2 Å². The largest absolute Gasteiger partial charge is 2.00 e. The fourth-order valence-corrected chi connectivity index (χ4v) is 1.87. The second-order valence-corrected chi connectivity index (χ2v) is 5.32. The van der Waals surface area contributed by atoms with E-state index in [0.29, 0.717) is 5.46 Å². The first-order chi connectivity index (χ1) is 11.3. The Morgan fingerprint density at radius 1 is 0.821 bits per heavy atom. The van der Waals surface area contributed by atoms with E-state index < -0.39 is 14.2 Å². The Morgan fingerprint density at radius 3 is 1.54 bits per heavy atom. The second kappa shape index (κ2) is 22.6. The van der Waals surface area contributed by atoms with Crippen LogP contribution in [0.3, 0.4) is 0 Å². The van der Waals surface area contributed by atoms with Crippen LogP contribution in [-0.4, -0.2) is 34.3 Å². The van der Waals surface area contributed by atoms with Crippen LogP contribution < -0.4 is 5.46 Å². The molecule has 2 aromatic rings. The summed E-state index contributed by atoms with van der Waals surface area (Å²) in [7, 11) is -2.60. The van der Waals surface area contributed by atoms with E-state index in [1.54, 1.807) is 18.2 Å². The Morgan fingerprint density at radius 2 is 1.21 bits per heavy atom. The van der Waals surface area contributed by atoms with Crippen molar-refractivity contribution in [2.24, 2.45) is 0 Å². The zero-order chi connectivity index (χ0) is 18.5. The smallest absolute Gasteiger partial charge is 0.427 e. The van der Waals surface area contributed by atoms with Crippen molar-refractivity contribution in [2.45, 2.75) is 26.6 Å². The van der Waals surface area contributed by atoms with Crippen LogP contribution in [0.5, 0.6) is 0 Å². The molecular weight excluding hydrogens is 428 g/mol. The Labute approximate surface area is 196 Å². The van der Waals surface area contributed by atoms with E-state index in [9.17, 15) is 0 Å². The predicted molar refractivity (Wildman–Crippen MR) is 115 cm³/mol. The monoisotopic (exact) mass is 460 g/mol. The fraction of sp³-hybridized carbons (Fsp3) is 0.200. The van der Waals surface area contributed by atoms with Gasteiger partial charge in [0.05, 0.1) is 0 Å².